The fraction of sp³-hybridized carbons (Fsp3) is 0. The molecule has 0 atom stereocenters. The molecule has 32 valence electrons. The molecule has 3 nitrogen and oxygen atoms in total. The number of urea groups is 1. The summed E-state index contributed by atoms with van der Waals surface area (Å²) in [6.07, 6.45) is 0. The third-order valence-electron chi connectivity index (χ3n) is 0. The zero-order valence-corrected chi connectivity index (χ0v) is 6.20. The Morgan fingerprint density at radius 1 is 1.33 bits per heavy atom. The van der Waals surface area contributed by atoms with Gasteiger partial charge in [0.05, 0.1) is 0 Å². The van der Waals surface area contributed by atoms with Gasteiger partial charge >= 0.3 is 35.6 Å². The molecule has 0 aromatic carbocycles. The van der Waals surface area contributed by atoms with E-state index in [9.17, 15) is 0 Å². The molecular weight excluding hydrogens is 114 g/mol. The molecule has 4 N–H and O–H groups in total. The van der Waals surface area contributed by atoms with Crippen molar-refractivity contribution >= 4 is 6.03 Å². The van der Waals surface area contributed by atoms with E-state index in [2.05, 4.69) is 11.5 Å². The van der Waals surface area contributed by atoms with Crippen molar-refractivity contribution in [2.45, 2.75) is 0 Å². The summed E-state index contributed by atoms with van der Waals surface area (Å²) in [5, 5.41) is 0. The number of amides is 2. The molecule has 6 heavy (non-hydrogen) atoms. The standard InChI is InChI=1S/CH4N2O.ClH.Na/c2-1(3)4;;/h(H4,2,3,4);1H;/q;;+1/p-1. The number of hydrogen-bond donors (Lipinski definition) is 2. The Hall–Kier alpha value is 0.560. The van der Waals surface area contributed by atoms with Crippen molar-refractivity contribution in [3.63, 3.8) is 0 Å². The van der Waals surface area contributed by atoms with Crippen molar-refractivity contribution in [1.82, 2.24) is 0 Å². The van der Waals surface area contributed by atoms with E-state index in [0.29, 0.717) is 0 Å². The summed E-state index contributed by atoms with van der Waals surface area (Å²) in [6, 6.07) is -0.833. The van der Waals surface area contributed by atoms with Crippen molar-refractivity contribution in [2.24, 2.45) is 11.5 Å². The van der Waals surface area contributed by atoms with Gasteiger partial charge in [-0.2, -0.15) is 0 Å². The fourth-order valence-electron chi connectivity index (χ4n) is 0. The average Bonchev–Trinajstić information content (AvgIpc) is 0.811. The first-order valence-electron chi connectivity index (χ1n) is 0.781. The maximum Gasteiger partial charge on any atom is 1.00 e. The largest absolute Gasteiger partial charge is 1.00 e. The molecule has 0 saturated heterocycles. The Morgan fingerprint density at radius 2 is 1.33 bits per heavy atom. The van der Waals surface area contributed by atoms with Crippen LogP contribution in [0.5, 0.6) is 0 Å². The van der Waals surface area contributed by atoms with E-state index < -0.39 is 6.03 Å². The van der Waals surface area contributed by atoms with E-state index in [0.717, 1.165) is 0 Å². The van der Waals surface area contributed by atoms with Gasteiger partial charge in [0.1, 0.15) is 0 Å². The van der Waals surface area contributed by atoms with E-state index in [1.165, 1.54) is 0 Å². The summed E-state index contributed by atoms with van der Waals surface area (Å²) >= 11 is 0. The van der Waals surface area contributed by atoms with Gasteiger partial charge in [-0.3, -0.25) is 0 Å². The molecule has 0 aromatic heterocycles. The molecule has 0 aliphatic heterocycles. The summed E-state index contributed by atoms with van der Waals surface area (Å²) in [6.45, 7) is 0. The number of primary amides is 2. The summed E-state index contributed by atoms with van der Waals surface area (Å²) in [5.74, 6) is 0. The zero-order valence-electron chi connectivity index (χ0n) is 3.44. The third-order valence-corrected chi connectivity index (χ3v) is 0. The maximum absolute atomic E-state index is 9.00. The van der Waals surface area contributed by atoms with E-state index in [-0.39, 0.29) is 42.0 Å². The smallest absolute Gasteiger partial charge is 1.00 e. The van der Waals surface area contributed by atoms with Gasteiger partial charge in [0.25, 0.3) is 0 Å². The number of carbonyl (C=O) groups is 1. The van der Waals surface area contributed by atoms with Crippen LogP contribution in [0.1, 0.15) is 0 Å². The number of hydrogen-bond acceptors (Lipinski definition) is 1. The molecular formula is CH4ClN2NaO. The molecule has 0 bridgehead atoms. The van der Waals surface area contributed by atoms with Crippen molar-refractivity contribution in [3.8, 4) is 0 Å². The topological polar surface area (TPSA) is 69.1 Å². The van der Waals surface area contributed by atoms with Crippen molar-refractivity contribution in [1.29, 1.82) is 0 Å². The Labute approximate surface area is 64.1 Å². The van der Waals surface area contributed by atoms with Gasteiger partial charge in [0.15, 0.2) is 0 Å². The quantitative estimate of drug-likeness (QED) is 0.305. The van der Waals surface area contributed by atoms with E-state index in [1.807, 2.05) is 0 Å². The molecule has 2 amide bonds. The summed E-state index contributed by atoms with van der Waals surface area (Å²) in [7, 11) is 0. The van der Waals surface area contributed by atoms with Crippen LogP contribution in [0.3, 0.4) is 0 Å². The molecule has 0 aliphatic rings. The summed E-state index contributed by atoms with van der Waals surface area (Å²) in [5.41, 5.74) is 8.50. The van der Waals surface area contributed by atoms with Crippen LogP contribution in [0.15, 0.2) is 0 Å². The minimum Gasteiger partial charge on any atom is -1.00 e. The first-order chi connectivity index (χ1) is 1.73. The average molecular weight is 118 g/mol. The van der Waals surface area contributed by atoms with Crippen LogP contribution in [0.2, 0.25) is 0 Å². The van der Waals surface area contributed by atoms with Crippen LogP contribution in [-0.2, 0) is 0 Å². The van der Waals surface area contributed by atoms with Gasteiger partial charge in [0, 0.05) is 0 Å². The Morgan fingerprint density at radius 3 is 1.33 bits per heavy atom. The number of rotatable bonds is 0. The molecule has 5 heteroatoms. The molecule has 0 heterocycles. The van der Waals surface area contributed by atoms with Crippen molar-refractivity contribution in [3.05, 3.63) is 0 Å². The third kappa shape index (κ3) is 184. The first kappa shape index (κ1) is 16.0. The van der Waals surface area contributed by atoms with E-state index >= 15 is 0 Å². The monoisotopic (exact) mass is 118 g/mol. The maximum atomic E-state index is 9.00. The SMILES string of the molecule is NC(N)=O.[Cl-].[Na+]. The van der Waals surface area contributed by atoms with Gasteiger partial charge in [-0.25, -0.2) is 4.79 Å². The molecule has 0 aromatic rings. The summed E-state index contributed by atoms with van der Waals surface area (Å²) < 4.78 is 0. The van der Waals surface area contributed by atoms with Crippen LogP contribution >= 0.6 is 0 Å². The molecule has 0 aliphatic carbocycles. The predicted molar refractivity (Wildman–Crippen MR) is 13.8 cm³/mol. The molecule has 0 spiro atoms. The molecule has 0 fully saturated rings. The van der Waals surface area contributed by atoms with Crippen molar-refractivity contribution in [2.75, 3.05) is 0 Å². The van der Waals surface area contributed by atoms with Crippen LogP contribution < -0.4 is 53.4 Å². The zero-order chi connectivity index (χ0) is 3.58. The van der Waals surface area contributed by atoms with E-state index in [1.54, 1.807) is 0 Å². The molecule has 0 radical (unpaired) electrons. The fourth-order valence-corrected chi connectivity index (χ4v) is 0. The van der Waals surface area contributed by atoms with Gasteiger partial charge in [0.2, 0.25) is 0 Å². The van der Waals surface area contributed by atoms with Gasteiger partial charge in [-0.05, 0) is 0 Å². The normalized spacial score (nSPS) is 4.00. The molecule has 0 rings (SSSR count). The Balaban J connectivity index is -0.0000000450. The van der Waals surface area contributed by atoms with Crippen LogP contribution in [0.4, 0.5) is 4.79 Å². The van der Waals surface area contributed by atoms with Crippen molar-refractivity contribution < 1.29 is 46.8 Å². The van der Waals surface area contributed by atoms with Crippen LogP contribution in [-0.4, -0.2) is 6.03 Å². The molecule has 0 unspecified atom stereocenters. The Kier molecular flexibility index (Phi) is 24.3. The number of halogens is 1. The minimum atomic E-state index is -0.833. The second-order valence-corrected chi connectivity index (χ2v) is 0.402. The Bertz CT molecular complexity index is 36.5. The van der Waals surface area contributed by atoms with Crippen LogP contribution in [0.25, 0.3) is 0 Å². The first-order valence-corrected chi connectivity index (χ1v) is 0.781. The van der Waals surface area contributed by atoms with Gasteiger partial charge in [-0.1, -0.05) is 0 Å². The predicted octanol–water partition coefficient (Wildman–Crippen LogP) is -6.97. The second kappa shape index (κ2) is 9.12. The second-order valence-electron chi connectivity index (χ2n) is 0.402. The number of nitrogens with two attached hydrogens (primary N) is 2. The minimum absolute atomic E-state index is 0. The van der Waals surface area contributed by atoms with Gasteiger partial charge in [-0.15, -0.1) is 0 Å². The summed E-state index contributed by atoms with van der Waals surface area (Å²) in [4.78, 5) is 9.00. The van der Waals surface area contributed by atoms with Gasteiger partial charge < -0.3 is 23.9 Å². The van der Waals surface area contributed by atoms with Crippen LogP contribution in [0, 0.1) is 0 Å². The molecule has 0 saturated carbocycles. The van der Waals surface area contributed by atoms with E-state index in [4.69, 9.17) is 4.79 Å². The number of carbonyl (C=O) groups excluding carboxylic acids is 1.